The number of amides is 1. The minimum atomic E-state index is -0.247. The molecule has 18 heavy (non-hydrogen) atoms. The van der Waals surface area contributed by atoms with Gasteiger partial charge in [0.1, 0.15) is 5.82 Å². The summed E-state index contributed by atoms with van der Waals surface area (Å²) in [6.45, 7) is 0.179. The number of ether oxygens (including phenoxy) is 2. The van der Waals surface area contributed by atoms with E-state index in [1.54, 1.807) is 30.6 Å². The molecule has 2 aromatic heterocycles. The zero-order chi connectivity index (χ0) is 12.4. The van der Waals surface area contributed by atoms with Crippen molar-refractivity contribution in [2.24, 2.45) is 0 Å². The quantitative estimate of drug-likeness (QED) is 0.864. The van der Waals surface area contributed by atoms with E-state index in [1.165, 1.54) is 6.20 Å². The van der Waals surface area contributed by atoms with Gasteiger partial charge in [0, 0.05) is 24.0 Å². The van der Waals surface area contributed by atoms with Crippen molar-refractivity contribution in [3.05, 3.63) is 42.4 Å². The van der Waals surface area contributed by atoms with Crippen LogP contribution >= 0.6 is 0 Å². The first-order valence-electron chi connectivity index (χ1n) is 5.30. The van der Waals surface area contributed by atoms with Crippen LogP contribution in [0.5, 0.6) is 11.5 Å². The van der Waals surface area contributed by atoms with E-state index >= 15 is 0 Å². The molecule has 0 bridgehead atoms. The maximum atomic E-state index is 11.9. The molecule has 1 aliphatic rings. The van der Waals surface area contributed by atoms with Crippen LogP contribution in [-0.4, -0.2) is 22.7 Å². The van der Waals surface area contributed by atoms with Gasteiger partial charge in [-0.2, -0.15) is 0 Å². The third-order valence-corrected chi connectivity index (χ3v) is 2.44. The highest BCUT2D eigenvalue weighted by atomic mass is 16.7. The zero-order valence-corrected chi connectivity index (χ0v) is 9.29. The highest BCUT2D eigenvalue weighted by Crippen LogP contribution is 2.32. The molecule has 3 heterocycles. The lowest BCUT2D eigenvalue weighted by Gasteiger charge is -2.04. The van der Waals surface area contributed by atoms with Crippen LogP contribution in [0.25, 0.3) is 0 Å². The van der Waals surface area contributed by atoms with Gasteiger partial charge < -0.3 is 14.8 Å². The van der Waals surface area contributed by atoms with Crippen molar-refractivity contribution in [2.45, 2.75) is 0 Å². The molecule has 2 aromatic rings. The van der Waals surface area contributed by atoms with Crippen molar-refractivity contribution in [3.8, 4) is 11.5 Å². The predicted octanol–water partition coefficient (Wildman–Crippen LogP) is 1.46. The third-order valence-electron chi connectivity index (χ3n) is 2.44. The molecule has 0 fully saturated rings. The molecule has 6 nitrogen and oxygen atoms in total. The average molecular weight is 243 g/mol. The lowest BCUT2D eigenvalue weighted by atomic mass is 10.2. The lowest BCUT2D eigenvalue weighted by Crippen LogP contribution is -2.12. The summed E-state index contributed by atoms with van der Waals surface area (Å²) >= 11 is 0. The van der Waals surface area contributed by atoms with Crippen molar-refractivity contribution in [3.63, 3.8) is 0 Å². The first-order chi connectivity index (χ1) is 8.83. The van der Waals surface area contributed by atoms with E-state index in [0.29, 0.717) is 22.9 Å². The fourth-order valence-corrected chi connectivity index (χ4v) is 1.56. The van der Waals surface area contributed by atoms with E-state index < -0.39 is 0 Å². The molecular weight excluding hydrogens is 234 g/mol. The second-order valence-electron chi connectivity index (χ2n) is 3.61. The highest BCUT2D eigenvalue weighted by Gasteiger charge is 2.15. The molecule has 0 saturated heterocycles. The Bertz CT molecular complexity index is 586. The van der Waals surface area contributed by atoms with Gasteiger partial charge in [-0.25, -0.2) is 4.98 Å². The van der Waals surface area contributed by atoms with Gasteiger partial charge in [-0.15, -0.1) is 0 Å². The van der Waals surface area contributed by atoms with Crippen molar-refractivity contribution >= 4 is 11.7 Å². The summed E-state index contributed by atoms with van der Waals surface area (Å²) in [7, 11) is 0. The standard InChI is InChI=1S/C12H9N3O3/c16-12(8-1-3-13-4-2-8)15-11-5-9-10(6-14-11)18-7-17-9/h1-6H,7H2,(H,14,15,16). The summed E-state index contributed by atoms with van der Waals surface area (Å²) in [5, 5.41) is 2.67. The van der Waals surface area contributed by atoms with Crippen LogP contribution < -0.4 is 14.8 Å². The van der Waals surface area contributed by atoms with Gasteiger partial charge >= 0.3 is 0 Å². The number of pyridine rings is 2. The lowest BCUT2D eigenvalue weighted by molar-refractivity contribution is 0.102. The van der Waals surface area contributed by atoms with Gasteiger partial charge in [0.25, 0.3) is 5.91 Å². The van der Waals surface area contributed by atoms with Crippen LogP contribution in [0, 0.1) is 0 Å². The topological polar surface area (TPSA) is 73.3 Å². The van der Waals surface area contributed by atoms with E-state index in [-0.39, 0.29) is 12.7 Å². The Morgan fingerprint density at radius 2 is 2.00 bits per heavy atom. The molecule has 1 N–H and O–H groups in total. The van der Waals surface area contributed by atoms with Gasteiger partial charge in [0.05, 0.1) is 6.20 Å². The number of nitrogens with zero attached hydrogens (tertiary/aromatic N) is 2. The normalized spacial score (nSPS) is 12.2. The average Bonchev–Trinajstić information content (AvgIpc) is 2.87. The Morgan fingerprint density at radius 3 is 2.83 bits per heavy atom. The number of hydrogen-bond acceptors (Lipinski definition) is 5. The Morgan fingerprint density at radius 1 is 1.22 bits per heavy atom. The number of carbonyl (C=O) groups excluding carboxylic acids is 1. The summed E-state index contributed by atoms with van der Waals surface area (Å²) in [5.41, 5.74) is 0.518. The Hall–Kier alpha value is -2.63. The van der Waals surface area contributed by atoms with Crippen molar-refractivity contribution < 1.29 is 14.3 Å². The molecule has 0 saturated carbocycles. The van der Waals surface area contributed by atoms with Gasteiger partial charge in [0.2, 0.25) is 6.79 Å². The largest absolute Gasteiger partial charge is 0.453 e. The molecule has 0 aromatic carbocycles. The summed E-state index contributed by atoms with van der Waals surface area (Å²) in [5.74, 6) is 1.33. The molecule has 0 unspecified atom stereocenters. The number of anilines is 1. The molecule has 90 valence electrons. The van der Waals surface area contributed by atoms with Crippen molar-refractivity contribution in [1.82, 2.24) is 9.97 Å². The van der Waals surface area contributed by atoms with Crippen LogP contribution in [0.2, 0.25) is 0 Å². The maximum Gasteiger partial charge on any atom is 0.256 e. The zero-order valence-electron chi connectivity index (χ0n) is 9.29. The number of hydrogen-bond donors (Lipinski definition) is 1. The van der Waals surface area contributed by atoms with Gasteiger partial charge in [-0.05, 0) is 12.1 Å². The number of fused-ring (bicyclic) bond motifs is 1. The molecule has 1 aliphatic heterocycles. The Labute approximate surface area is 103 Å². The minimum Gasteiger partial charge on any atom is -0.453 e. The maximum absolute atomic E-state index is 11.9. The smallest absolute Gasteiger partial charge is 0.256 e. The van der Waals surface area contributed by atoms with Crippen LogP contribution in [0.3, 0.4) is 0 Å². The monoisotopic (exact) mass is 243 g/mol. The van der Waals surface area contributed by atoms with Crippen molar-refractivity contribution in [1.29, 1.82) is 0 Å². The van der Waals surface area contributed by atoms with Crippen LogP contribution in [0.1, 0.15) is 10.4 Å². The van der Waals surface area contributed by atoms with Crippen molar-refractivity contribution in [2.75, 3.05) is 12.1 Å². The molecule has 6 heteroatoms. The van der Waals surface area contributed by atoms with E-state index in [1.807, 2.05) is 0 Å². The van der Waals surface area contributed by atoms with E-state index in [2.05, 4.69) is 15.3 Å². The van der Waals surface area contributed by atoms with Crippen LogP contribution in [0.15, 0.2) is 36.8 Å². The van der Waals surface area contributed by atoms with Gasteiger partial charge in [0.15, 0.2) is 11.5 Å². The molecule has 0 aliphatic carbocycles. The van der Waals surface area contributed by atoms with Gasteiger partial charge in [-0.3, -0.25) is 9.78 Å². The molecule has 3 rings (SSSR count). The first-order valence-corrected chi connectivity index (χ1v) is 5.30. The number of nitrogens with one attached hydrogen (secondary N) is 1. The summed E-state index contributed by atoms with van der Waals surface area (Å²) < 4.78 is 10.3. The predicted molar refractivity (Wildman–Crippen MR) is 62.6 cm³/mol. The highest BCUT2D eigenvalue weighted by molar-refractivity contribution is 6.03. The van der Waals surface area contributed by atoms with E-state index in [4.69, 9.17) is 9.47 Å². The summed E-state index contributed by atoms with van der Waals surface area (Å²) in [4.78, 5) is 19.8. The molecule has 0 atom stereocenters. The van der Waals surface area contributed by atoms with Crippen LogP contribution in [-0.2, 0) is 0 Å². The number of rotatable bonds is 2. The minimum absolute atomic E-state index is 0.179. The molecule has 0 radical (unpaired) electrons. The number of carbonyl (C=O) groups is 1. The second-order valence-corrected chi connectivity index (χ2v) is 3.61. The summed E-state index contributed by atoms with van der Waals surface area (Å²) in [6.07, 6.45) is 4.63. The third kappa shape index (κ3) is 1.95. The molecule has 1 amide bonds. The van der Waals surface area contributed by atoms with Crippen LogP contribution in [0.4, 0.5) is 5.82 Å². The number of aromatic nitrogens is 2. The van der Waals surface area contributed by atoms with E-state index in [0.717, 1.165) is 0 Å². The van der Waals surface area contributed by atoms with E-state index in [9.17, 15) is 4.79 Å². The van der Waals surface area contributed by atoms with Gasteiger partial charge in [-0.1, -0.05) is 0 Å². The summed E-state index contributed by atoms with van der Waals surface area (Å²) in [6, 6.07) is 4.88. The fourth-order valence-electron chi connectivity index (χ4n) is 1.56. The molecule has 0 spiro atoms. The Kier molecular flexibility index (Phi) is 2.53. The molecular formula is C12H9N3O3. The Balaban J connectivity index is 1.79. The second kappa shape index (κ2) is 4.33. The fraction of sp³-hybridized carbons (Fsp3) is 0.0833. The SMILES string of the molecule is O=C(Nc1cc2c(cn1)OCO2)c1ccncc1. The first kappa shape index (κ1) is 10.5.